The molecule has 1 heterocycles. The van der Waals surface area contributed by atoms with Crippen LogP contribution in [0.4, 0.5) is 14.5 Å². The normalized spacial score (nSPS) is 16.3. The van der Waals surface area contributed by atoms with E-state index in [1.54, 1.807) is 12.1 Å². The molecule has 3 rings (SSSR count). The SMILES string of the molecule is COc1ccccc1C1=NOC(C(=O)Nc2ccc(F)cc2F)C1. The molecule has 0 saturated heterocycles. The number of nitrogens with one attached hydrogen (secondary N) is 1. The molecule has 1 atom stereocenters. The van der Waals surface area contributed by atoms with Gasteiger partial charge in [0.2, 0.25) is 6.10 Å². The van der Waals surface area contributed by atoms with Gasteiger partial charge in [-0.1, -0.05) is 17.3 Å². The van der Waals surface area contributed by atoms with Gasteiger partial charge >= 0.3 is 0 Å². The highest BCUT2D eigenvalue weighted by molar-refractivity contribution is 6.07. The summed E-state index contributed by atoms with van der Waals surface area (Å²) < 4.78 is 31.7. The summed E-state index contributed by atoms with van der Waals surface area (Å²) >= 11 is 0. The monoisotopic (exact) mass is 332 g/mol. The summed E-state index contributed by atoms with van der Waals surface area (Å²) in [5.41, 5.74) is 1.17. The summed E-state index contributed by atoms with van der Waals surface area (Å²) in [5, 5.41) is 6.29. The zero-order chi connectivity index (χ0) is 17.1. The molecule has 0 spiro atoms. The van der Waals surface area contributed by atoms with Gasteiger partial charge in [-0.3, -0.25) is 4.79 Å². The van der Waals surface area contributed by atoms with E-state index in [2.05, 4.69) is 10.5 Å². The summed E-state index contributed by atoms with van der Waals surface area (Å²) in [6.07, 6.45) is -0.677. The molecule has 1 aliphatic rings. The minimum absolute atomic E-state index is 0.115. The number of hydrogen-bond acceptors (Lipinski definition) is 4. The van der Waals surface area contributed by atoms with Crippen molar-refractivity contribution in [1.29, 1.82) is 0 Å². The first kappa shape index (κ1) is 15.9. The van der Waals surface area contributed by atoms with E-state index >= 15 is 0 Å². The van der Waals surface area contributed by atoms with Gasteiger partial charge in [-0.05, 0) is 24.3 Å². The molecule has 0 bridgehead atoms. The van der Waals surface area contributed by atoms with Crippen LogP contribution in [0.25, 0.3) is 0 Å². The van der Waals surface area contributed by atoms with E-state index in [0.29, 0.717) is 17.5 Å². The summed E-state index contributed by atoms with van der Waals surface area (Å²) in [5.74, 6) is -1.52. The van der Waals surface area contributed by atoms with Gasteiger partial charge in [0.25, 0.3) is 5.91 Å². The fourth-order valence-electron chi connectivity index (χ4n) is 2.36. The van der Waals surface area contributed by atoms with E-state index in [9.17, 15) is 13.6 Å². The highest BCUT2D eigenvalue weighted by Crippen LogP contribution is 2.25. The Morgan fingerprint density at radius 3 is 2.83 bits per heavy atom. The molecule has 5 nitrogen and oxygen atoms in total. The molecule has 0 radical (unpaired) electrons. The van der Waals surface area contributed by atoms with Crippen molar-refractivity contribution in [3.8, 4) is 5.75 Å². The lowest BCUT2D eigenvalue weighted by Crippen LogP contribution is -2.28. The Bertz CT molecular complexity index is 808. The second-order valence-corrected chi connectivity index (χ2v) is 5.15. The van der Waals surface area contributed by atoms with Gasteiger partial charge in [-0.2, -0.15) is 0 Å². The number of halogens is 2. The predicted molar refractivity (Wildman–Crippen MR) is 84.0 cm³/mol. The lowest BCUT2D eigenvalue weighted by molar-refractivity contribution is -0.125. The van der Waals surface area contributed by atoms with Crippen LogP contribution in [0.2, 0.25) is 0 Å². The summed E-state index contributed by atoms with van der Waals surface area (Å²) in [6, 6.07) is 10.1. The molecular formula is C17H14F2N2O3. The number of amides is 1. The number of carbonyl (C=O) groups is 1. The quantitative estimate of drug-likeness (QED) is 0.936. The molecule has 1 amide bonds. The molecule has 2 aromatic carbocycles. The van der Waals surface area contributed by atoms with Gasteiger partial charge in [-0.15, -0.1) is 0 Å². The molecule has 1 unspecified atom stereocenters. The number of anilines is 1. The summed E-state index contributed by atoms with van der Waals surface area (Å²) in [6.45, 7) is 0. The van der Waals surface area contributed by atoms with Crippen molar-refractivity contribution in [2.75, 3.05) is 12.4 Å². The van der Waals surface area contributed by atoms with Gasteiger partial charge in [0.15, 0.2) is 0 Å². The highest BCUT2D eigenvalue weighted by Gasteiger charge is 2.30. The lowest BCUT2D eigenvalue weighted by atomic mass is 10.0. The average molecular weight is 332 g/mol. The third-order valence-electron chi connectivity index (χ3n) is 3.57. The fourth-order valence-corrected chi connectivity index (χ4v) is 2.36. The Morgan fingerprint density at radius 2 is 2.08 bits per heavy atom. The number of carbonyl (C=O) groups excluding carboxylic acids is 1. The number of ether oxygens (including phenoxy) is 1. The Kier molecular flexibility index (Phi) is 4.41. The highest BCUT2D eigenvalue weighted by atomic mass is 19.1. The minimum Gasteiger partial charge on any atom is -0.496 e. The topological polar surface area (TPSA) is 59.9 Å². The van der Waals surface area contributed by atoms with Crippen molar-refractivity contribution in [2.24, 2.45) is 5.16 Å². The van der Waals surface area contributed by atoms with Crippen LogP contribution in [0, 0.1) is 11.6 Å². The van der Waals surface area contributed by atoms with Crippen LogP contribution in [-0.4, -0.2) is 24.8 Å². The third kappa shape index (κ3) is 3.19. The zero-order valence-electron chi connectivity index (χ0n) is 12.8. The molecule has 124 valence electrons. The van der Waals surface area contributed by atoms with Crippen LogP contribution >= 0.6 is 0 Å². The molecule has 0 saturated carbocycles. The molecular weight excluding hydrogens is 318 g/mol. The van der Waals surface area contributed by atoms with Crippen LogP contribution in [0.15, 0.2) is 47.6 Å². The molecule has 24 heavy (non-hydrogen) atoms. The molecule has 0 aromatic heterocycles. The first-order valence-electron chi connectivity index (χ1n) is 7.20. The number of methoxy groups -OCH3 is 1. The molecule has 7 heteroatoms. The Balaban J connectivity index is 1.69. The van der Waals surface area contributed by atoms with Crippen LogP contribution in [0.3, 0.4) is 0 Å². The second kappa shape index (κ2) is 6.66. The zero-order valence-corrected chi connectivity index (χ0v) is 12.8. The maximum atomic E-state index is 13.6. The van der Waals surface area contributed by atoms with E-state index in [4.69, 9.17) is 9.57 Å². The smallest absolute Gasteiger partial charge is 0.268 e. The van der Waals surface area contributed by atoms with E-state index in [0.717, 1.165) is 17.7 Å². The number of oxime groups is 1. The number of hydrogen-bond donors (Lipinski definition) is 1. The van der Waals surface area contributed by atoms with Crippen molar-refractivity contribution >= 4 is 17.3 Å². The van der Waals surface area contributed by atoms with Crippen LogP contribution in [-0.2, 0) is 9.63 Å². The number of rotatable bonds is 4. The first-order chi connectivity index (χ1) is 11.6. The Hall–Kier alpha value is -2.96. The molecule has 2 aromatic rings. The maximum absolute atomic E-state index is 13.6. The lowest BCUT2D eigenvalue weighted by Gasteiger charge is -2.10. The number of benzene rings is 2. The number of para-hydroxylation sites is 1. The third-order valence-corrected chi connectivity index (χ3v) is 3.57. The molecule has 0 fully saturated rings. The largest absolute Gasteiger partial charge is 0.496 e. The molecule has 1 aliphatic heterocycles. The average Bonchev–Trinajstić information content (AvgIpc) is 3.07. The predicted octanol–water partition coefficient (Wildman–Crippen LogP) is 3.11. The standard InChI is InChI=1S/C17H14F2N2O3/c1-23-15-5-3-2-4-11(15)14-9-16(24-21-14)17(22)20-13-7-6-10(18)8-12(13)19/h2-8,16H,9H2,1H3,(H,20,22). The van der Waals surface area contributed by atoms with E-state index in [1.165, 1.54) is 7.11 Å². The van der Waals surface area contributed by atoms with Crippen molar-refractivity contribution in [3.05, 3.63) is 59.7 Å². The van der Waals surface area contributed by atoms with Crippen LogP contribution in [0.1, 0.15) is 12.0 Å². The van der Waals surface area contributed by atoms with E-state index in [1.807, 2.05) is 12.1 Å². The maximum Gasteiger partial charge on any atom is 0.268 e. The summed E-state index contributed by atoms with van der Waals surface area (Å²) in [7, 11) is 1.54. The molecule has 0 aliphatic carbocycles. The van der Waals surface area contributed by atoms with Crippen molar-refractivity contribution < 1.29 is 23.1 Å². The van der Waals surface area contributed by atoms with Gasteiger partial charge in [0, 0.05) is 18.1 Å². The van der Waals surface area contributed by atoms with Crippen molar-refractivity contribution in [1.82, 2.24) is 0 Å². The van der Waals surface area contributed by atoms with Crippen molar-refractivity contribution in [2.45, 2.75) is 12.5 Å². The van der Waals surface area contributed by atoms with Gasteiger partial charge in [0.1, 0.15) is 17.4 Å². The molecule has 1 N–H and O–H groups in total. The van der Waals surface area contributed by atoms with Gasteiger partial charge in [-0.25, -0.2) is 8.78 Å². The van der Waals surface area contributed by atoms with Gasteiger partial charge in [0.05, 0.1) is 18.5 Å². The second-order valence-electron chi connectivity index (χ2n) is 5.15. The number of nitrogens with zero attached hydrogens (tertiary/aromatic N) is 1. The Morgan fingerprint density at radius 1 is 1.29 bits per heavy atom. The Labute approximate surface area is 136 Å². The van der Waals surface area contributed by atoms with E-state index in [-0.39, 0.29) is 12.1 Å². The van der Waals surface area contributed by atoms with Crippen LogP contribution in [0.5, 0.6) is 5.75 Å². The van der Waals surface area contributed by atoms with Gasteiger partial charge < -0.3 is 14.9 Å². The summed E-state index contributed by atoms with van der Waals surface area (Å²) in [4.78, 5) is 17.3. The first-order valence-corrected chi connectivity index (χ1v) is 7.20. The fraction of sp³-hybridized carbons (Fsp3) is 0.176. The minimum atomic E-state index is -0.894. The van der Waals surface area contributed by atoms with Crippen molar-refractivity contribution in [3.63, 3.8) is 0 Å². The van der Waals surface area contributed by atoms with Crippen LogP contribution < -0.4 is 10.1 Å². The van der Waals surface area contributed by atoms with E-state index < -0.39 is 23.6 Å².